The molecule has 21 heavy (non-hydrogen) atoms. The third-order valence-electron chi connectivity index (χ3n) is 3.76. The van der Waals surface area contributed by atoms with Crippen molar-refractivity contribution in [3.63, 3.8) is 0 Å². The lowest BCUT2D eigenvalue weighted by atomic mass is 10.2. The Morgan fingerprint density at radius 2 is 1.86 bits per heavy atom. The van der Waals surface area contributed by atoms with Crippen molar-refractivity contribution in [2.45, 2.75) is 6.54 Å². The highest BCUT2D eigenvalue weighted by Gasteiger charge is 2.19. The maximum Gasteiger partial charge on any atom is 0.146 e. The van der Waals surface area contributed by atoms with E-state index in [1.54, 1.807) is 12.3 Å². The first kappa shape index (κ1) is 14.3. The van der Waals surface area contributed by atoms with Gasteiger partial charge in [0.05, 0.1) is 5.69 Å². The van der Waals surface area contributed by atoms with Gasteiger partial charge in [0, 0.05) is 38.9 Å². The first-order chi connectivity index (χ1) is 10.2. The van der Waals surface area contributed by atoms with Gasteiger partial charge < -0.3 is 4.90 Å². The number of aromatic nitrogens is 1. The van der Waals surface area contributed by atoms with Gasteiger partial charge >= 0.3 is 0 Å². The van der Waals surface area contributed by atoms with Crippen LogP contribution in [0.2, 0.25) is 5.15 Å². The van der Waals surface area contributed by atoms with E-state index < -0.39 is 0 Å². The third kappa shape index (κ3) is 3.52. The Labute approximate surface area is 129 Å². The molecule has 0 amide bonds. The van der Waals surface area contributed by atoms with Gasteiger partial charge in [-0.2, -0.15) is 0 Å². The average molecular weight is 306 g/mol. The molecule has 0 aliphatic carbocycles. The number of hydrogen-bond acceptors (Lipinski definition) is 3. The number of hydrogen-bond donors (Lipinski definition) is 0. The van der Waals surface area contributed by atoms with Gasteiger partial charge in [-0.05, 0) is 29.8 Å². The van der Waals surface area contributed by atoms with Gasteiger partial charge in [0.1, 0.15) is 11.0 Å². The lowest BCUT2D eigenvalue weighted by Gasteiger charge is -2.36. The SMILES string of the molecule is Fc1ccccc1N1CCN(Cc2ccnc(Cl)c2)CC1. The van der Waals surface area contributed by atoms with E-state index in [1.807, 2.05) is 24.3 Å². The minimum Gasteiger partial charge on any atom is -0.367 e. The molecule has 0 bridgehead atoms. The van der Waals surface area contributed by atoms with Crippen LogP contribution in [0, 0.1) is 5.82 Å². The van der Waals surface area contributed by atoms with Crippen molar-refractivity contribution in [2.24, 2.45) is 0 Å². The molecule has 2 heterocycles. The maximum atomic E-state index is 13.8. The smallest absolute Gasteiger partial charge is 0.146 e. The third-order valence-corrected chi connectivity index (χ3v) is 3.97. The molecule has 0 N–H and O–H groups in total. The van der Waals surface area contributed by atoms with Crippen molar-refractivity contribution >= 4 is 17.3 Å². The molecule has 110 valence electrons. The molecule has 0 spiro atoms. The standard InChI is InChI=1S/C16H17ClFN3/c17-16-11-13(5-6-19-16)12-20-7-9-21(10-8-20)15-4-2-1-3-14(15)18/h1-6,11H,7-10,12H2. The summed E-state index contributed by atoms with van der Waals surface area (Å²) < 4.78 is 13.8. The quantitative estimate of drug-likeness (QED) is 0.812. The van der Waals surface area contributed by atoms with Crippen LogP contribution in [-0.4, -0.2) is 36.1 Å². The molecule has 3 nitrogen and oxygen atoms in total. The molecular weight excluding hydrogens is 289 g/mol. The van der Waals surface area contributed by atoms with Gasteiger partial charge in [-0.1, -0.05) is 23.7 Å². The first-order valence-corrected chi connectivity index (χ1v) is 7.42. The molecule has 0 radical (unpaired) electrons. The summed E-state index contributed by atoms with van der Waals surface area (Å²) in [6.07, 6.45) is 1.73. The molecule has 1 aliphatic heterocycles. The zero-order chi connectivity index (χ0) is 14.7. The molecule has 0 unspecified atom stereocenters. The van der Waals surface area contributed by atoms with E-state index in [0.29, 0.717) is 10.8 Å². The highest BCUT2D eigenvalue weighted by molar-refractivity contribution is 6.29. The molecule has 1 aliphatic rings. The van der Waals surface area contributed by atoms with Crippen molar-refractivity contribution in [2.75, 3.05) is 31.1 Å². The van der Waals surface area contributed by atoms with Gasteiger partial charge in [0.25, 0.3) is 0 Å². The molecule has 0 saturated carbocycles. The summed E-state index contributed by atoms with van der Waals surface area (Å²) in [5.74, 6) is -0.146. The van der Waals surface area contributed by atoms with Gasteiger partial charge in [0.2, 0.25) is 0 Å². The van der Waals surface area contributed by atoms with Crippen molar-refractivity contribution in [3.8, 4) is 0 Å². The Hall–Kier alpha value is -1.65. The molecule has 1 saturated heterocycles. The number of benzene rings is 1. The Bertz CT molecular complexity index is 612. The number of piperazine rings is 1. The van der Waals surface area contributed by atoms with Gasteiger partial charge in [-0.15, -0.1) is 0 Å². The van der Waals surface area contributed by atoms with Crippen molar-refractivity contribution in [1.82, 2.24) is 9.88 Å². The number of halogens is 2. The summed E-state index contributed by atoms with van der Waals surface area (Å²) >= 11 is 5.90. The summed E-state index contributed by atoms with van der Waals surface area (Å²) in [6.45, 7) is 4.34. The van der Waals surface area contributed by atoms with Crippen LogP contribution >= 0.6 is 11.6 Å². The van der Waals surface area contributed by atoms with Crippen molar-refractivity contribution < 1.29 is 4.39 Å². The van der Waals surface area contributed by atoms with Crippen LogP contribution in [0.5, 0.6) is 0 Å². The number of rotatable bonds is 3. The fraction of sp³-hybridized carbons (Fsp3) is 0.312. The van der Waals surface area contributed by atoms with Gasteiger partial charge in [-0.25, -0.2) is 9.37 Å². The normalized spacial score (nSPS) is 16.2. The van der Waals surface area contributed by atoms with E-state index in [-0.39, 0.29) is 5.82 Å². The lowest BCUT2D eigenvalue weighted by molar-refractivity contribution is 0.249. The predicted molar refractivity (Wildman–Crippen MR) is 83.1 cm³/mol. The van der Waals surface area contributed by atoms with E-state index in [1.165, 1.54) is 6.07 Å². The van der Waals surface area contributed by atoms with Crippen molar-refractivity contribution in [3.05, 3.63) is 59.1 Å². The Morgan fingerprint density at radius 3 is 2.57 bits per heavy atom. The first-order valence-electron chi connectivity index (χ1n) is 7.04. The summed E-state index contributed by atoms with van der Waals surface area (Å²) in [6, 6.07) is 10.8. The minimum atomic E-state index is -0.146. The predicted octanol–water partition coefficient (Wildman–Crippen LogP) is 3.20. The second-order valence-electron chi connectivity index (χ2n) is 5.20. The lowest BCUT2D eigenvalue weighted by Crippen LogP contribution is -2.46. The largest absolute Gasteiger partial charge is 0.367 e. The summed E-state index contributed by atoms with van der Waals surface area (Å²) in [4.78, 5) is 8.44. The molecule has 1 fully saturated rings. The average Bonchev–Trinajstić information content (AvgIpc) is 2.49. The fourth-order valence-corrected chi connectivity index (χ4v) is 2.85. The van der Waals surface area contributed by atoms with E-state index in [0.717, 1.165) is 38.3 Å². The Morgan fingerprint density at radius 1 is 1.10 bits per heavy atom. The topological polar surface area (TPSA) is 19.4 Å². The number of para-hydroxylation sites is 1. The van der Waals surface area contributed by atoms with Crippen molar-refractivity contribution in [1.29, 1.82) is 0 Å². The molecule has 1 aromatic heterocycles. The number of pyridine rings is 1. The highest BCUT2D eigenvalue weighted by atomic mass is 35.5. The number of nitrogens with zero attached hydrogens (tertiary/aromatic N) is 3. The zero-order valence-electron chi connectivity index (χ0n) is 11.7. The second kappa shape index (κ2) is 6.41. The minimum absolute atomic E-state index is 0.146. The van der Waals surface area contributed by atoms with Crippen LogP contribution in [0.4, 0.5) is 10.1 Å². The molecule has 2 aromatic rings. The van der Waals surface area contributed by atoms with Crippen LogP contribution in [0.3, 0.4) is 0 Å². The summed E-state index contributed by atoms with van der Waals surface area (Å²) in [5, 5.41) is 0.525. The van der Waals surface area contributed by atoms with Crippen LogP contribution in [0.1, 0.15) is 5.56 Å². The Balaban J connectivity index is 1.59. The highest BCUT2D eigenvalue weighted by Crippen LogP contribution is 2.20. The van der Waals surface area contributed by atoms with Gasteiger partial charge in [-0.3, -0.25) is 4.90 Å². The molecule has 0 atom stereocenters. The molecule has 3 rings (SSSR count). The molecular formula is C16H17ClFN3. The van der Waals surface area contributed by atoms with E-state index in [4.69, 9.17) is 11.6 Å². The summed E-state index contributed by atoms with van der Waals surface area (Å²) in [5.41, 5.74) is 1.86. The van der Waals surface area contributed by atoms with E-state index >= 15 is 0 Å². The molecule has 5 heteroatoms. The maximum absolute atomic E-state index is 13.8. The fourth-order valence-electron chi connectivity index (χ4n) is 2.65. The van der Waals surface area contributed by atoms with Gasteiger partial charge in [0.15, 0.2) is 0 Å². The molecule has 1 aromatic carbocycles. The monoisotopic (exact) mass is 305 g/mol. The van der Waals surface area contributed by atoms with Crippen LogP contribution < -0.4 is 4.90 Å². The number of anilines is 1. The Kier molecular flexibility index (Phi) is 4.36. The summed E-state index contributed by atoms with van der Waals surface area (Å²) in [7, 11) is 0. The second-order valence-corrected chi connectivity index (χ2v) is 5.59. The van der Waals surface area contributed by atoms with E-state index in [2.05, 4.69) is 14.8 Å². The zero-order valence-corrected chi connectivity index (χ0v) is 12.4. The van der Waals surface area contributed by atoms with E-state index in [9.17, 15) is 4.39 Å². The van der Waals surface area contributed by atoms with Crippen LogP contribution in [-0.2, 0) is 6.54 Å². The van der Waals surface area contributed by atoms with Crippen LogP contribution in [0.15, 0.2) is 42.6 Å². The van der Waals surface area contributed by atoms with Crippen LogP contribution in [0.25, 0.3) is 0 Å².